The van der Waals surface area contributed by atoms with Crippen molar-refractivity contribution >= 4 is 23.3 Å². The monoisotopic (exact) mass is 373 g/mol. The van der Waals surface area contributed by atoms with E-state index in [0.29, 0.717) is 12.3 Å². The summed E-state index contributed by atoms with van der Waals surface area (Å²) in [5.41, 5.74) is 5.82. The third kappa shape index (κ3) is 5.18. The number of nitro groups is 1. The number of rotatable bonds is 7. The third-order valence-corrected chi connectivity index (χ3v) is 3.77. The summed E-state index contributed by atoms with van der Waals surface area (Å²) in [7, 11) is 3.12. The molecule has 27 heavy (non-hydrogen) atoms. The molecular weight excluding hydrogens is 354 g/mol. The lowest BCUT2D eigenvalue weighted by Gasteiger charge is -2.17. The summed E-state index contributed by atoms with van der Waals surface area (Å²) in [5, 5.41) is 10.9. The summed E-state index contributed by atoms with van der Waals surface area (Å²) >= 11 is 0. The fourth-order valence-corrected chi connectivity index (χ4v) is 2.28. The highest BCUT2D eigenvalue weighted by molar-refractivity contribution is 5.92. The number of hydrogen-bond acceptors (Lipinski definition) is 7. The number of methoxy groups -OCH3 is 1. The van der Waals surface area contributed by atoms with Gasteiger partial charge in [-0.2, -0.15) is 0 Å². The molecule has 0 aliphatic carbocycles. The van der Waals surface area contributed by atoms with Gasteiger partial charge in [-0.1, -0.05) is 12.1 Å². The number of carbonyl (C=O) groups excluding carboxylic acids is 2. The van der Waals surface area contributed by atoms with Crippen LogP contribution in [-0.2, 0) is 16.1 Å². The summed E-state index contributed by atoms with van der Waals surface area (Å²) in [4.78, 5) is 35.8. The zero-order valence-electron chi connectivity index (χ0n) is 14.9. The van der Waals surface area contributed by atoms with E-state index in [0.717, 1.165) is 11.6 Å². The molecule has 0 aromatic heterocycles. The Labute approximate surface area is 155 Å². The Morgan fingerprint density at radius 1 is 1.22 bits per heavy atom. The van der Waals surface area contributed by atoms with Crippen LogP contribution >= 0.6 is 0 Å². The fraction of sp³-hybridized carbons (Fsp3) is 0.222. The van der Waals surface area contributed by atoms with E-state index in [-0.39, 0.29) is 11.3 Å². The predicted molar refractivity (Wildman–Crippen MR) is 97.3 cm³/mol. The first-order valence-corrected chi connectivity index (χ1v) is 7.89. The van der Waals surface area contributed by atoms with Crippen LogP contribution in [0.2, 0.25) is 0 Å². The summed E-state index contributed by atoms with van der Waals surface area (Å²) in [6.07, 6.45) is 0. The number of benzene rings is 2. The molecule has 0 spiro atoms. The maximum absolute atomic E-state index is 12.2. The Morgan fingerprint density at radius 3 is 2.63 bits per heavy atom. The van der Waals surface area contributed by atoms with Gasteiger partial charge in [0, 0.05) is 19.7 Å². The summed E-state index contributed by atoms with van der Waals surface area (Å²) in [5.74, 6) is -0.595. The Hall–Kier alpha value is -3.62. The molecule has 0 heterocycles. The van der Waals surface area contributed by atoms with Gasteiger partial charge in [0.25, 0.3) is 11.6 Å². The highest BCUT2D eigenvalue weighted by atomic mass is 16.6. The minimum absolute atomic E-state index is 0.0563. The van der Waals surface area contributed by atoms with Crippen LogP contribution in [0.5, 0.6) is 5.75 Å². The zero-order valence-corrected chi connectivity index (χ0v) is 14.9. The highest BCUT2D eigenvalue weighted by Crippen LogP contribution is 2.22. The predicted octanol–water partition coefficient (Wildman–Crippen LogP) is 2.00. The number of nitrogen functional groups attached to an aromatic ring is 1. The molecule has 2 N–H and O–H groups in total. The van der Waals surface area contributed by atoms with Crippen LogP contribution in [-0.4, -0.2) is 42.5 Å². The first kappa shape index (κ1) is 19.7. The van der Waals surface area contributed by atoms with E-state index in [9.17, 15) is 19.7 Å². The van der Waals surface area contributed by atoms with Crippen molar-refractivity contribution in [2.75, 3.05) is 26.5 Å². The summed E-state index contributed by atoms with van der Waals surface area (Å²) in [6.45, 7) is -0.182. The van der Waals surface area contributed by atoms with E-state index in [1.165, 1.54) is 17.0 Å². The van der Waals surface area contributed by atoms with Crippen molar-refractivity contribution in [1.29, 1.82) is 0 Å². The van der Waals surface area contributed by atoms with E-state index in [2.05, 4.69) is 0 Å². The summed E-state index contributed by atoms with van der Waals surface area (Å²) in [6, 6.07) is 10.8. The van der Waals surface area contributed by atoms with Crippen molar-refractivity contribution in [1.82, 2.24) is 4.90 Å². The van der Waals surface area contributed by atoms with Gasteiger partial charge < -0.3 is 20.1 Å². The van der Waals surface area contributed by atoms with Crippen LogP contribution in [0.4, 0.5) is 11.4 Å². The Morgan fingerprint density at radius 2 is 1.96 bits per heavy atom. The maximum Gasteiger partial charge on any atom is 0.338 e. The van der Waals surface area contributed by atoms with Gasteiger partial charge in [0.05, 0.1) is 17.6 Å². The number of nitro benzene ring substituents is 1. The lowest BCUT2D eigenvalue weighted by Crippen LogP contribution is -2.30. The smallest absolute Gasteiger partial charge is 0.338 e. The van der Waals surface area contributed by atoms with Crippen molar-refractivity contribution in [2.24, 2.45) is 0 Å². The molecular formula is C18H19N3O6. The molecule has 9 heteroatoms. The SMILES string of the molecule is COc1cccc(CN(C)C(=O)COC(=O)c2ccc(N)c([N+](=O)[O-])c2)c1. The van der Waals surface area contributed by atoms with Crippen LogP contribution in [0, 0.1) is 10.1 Å². The molecule has 1 amide bonds. The van der Waals surface area contributed by atoms with E-state index in [1.54, 1.807) is 32.4 Å². The average Bonchev–Trinajstić information content (AvgIpc) is 2.65. The van der Waals surface area contributed by atoms with Gasteiger partial charge in [-0.05, 0) is 29.8 Å². The van der Waals surface area contributed by atoms with Crippen molar-refractivity contribution in [2.45, 2.75) is 6.54 Å². The molecule has 2 rings (SSSR count). The molecule has 2 aromatic carbocycles. The minimum atomic E-state index is -0.846. The quantitative estimate of drug-likeness (QED) is 0.340. The fourth-order valence-electron chi connectivity index (χ4n) is 2.28. The number of esters is 1. The van der Waals surface area contributed by atoms with Gasteiger partial charge in [0.2, 0.25) is 0 Å². The average molecular weight is 373 g/mol. The molecule has 2 aromatic rings. The number of ether oxygens (including phenoxy) is 2. The molecule has 0 radical (unpaired) electrons. The van der Waals surface area contributed by atoms with Gasteiger partial charge >= 0.3 is 5.97 Å². The largest absolute Gasteiger partial charge is 0.497 e. The lowest BCUT2D eigenvalue weighted by molar-refractivity contribution is -0.383. The van der Waals surface area contributed by atoms with Gasteiger partial charge in [0.15, 0.2) is 6.61 Å². The molecule has 0 fully saturated rings. The molecule has 142 valence electrons. The number of nitrogens with two attached hydrogens (primary N) is 1. The Balaban J connectivity index is 1.95. The second-order valence-electron chi connectivity index (χ2n) is 5.71. The first-order valence-electron chi connectivity index (χ1n) is 7.89. The zero-order chi connectivity index (χ0) is 20.0. The molecule has 0 atom stereocenters. The van der Waals surface area contributed by atoms with Crippen molar-refractivity contribution < 1.29 is 24.0 Å². The number of amides is 1. The van der Waals surface area contributed by atoms with Gasteiger partial charge in [0.1, 0.15) is 11.4 Å². The van der Waals surface area contributed by atoms with Crippen LogP contribution in [0.15, 0.2) is 42.5 Å². The number of likely N-dealkylation sites (N-methyl/N-ethyl adjacent to an activating group) is 1. The van der Waals surface area contributed by atoms with E-state index < -0.39 is 29.1 Å². The van der Waals surface area contributed by atoms with Gasteiger partial charge in [-0.3, -0.25) is 14.9 Å². The van der Waals surface area contributed by atoms with Crippen molar-refractivity contribution in [3.63, 3.8) is 0 Å². The summed E-state index contributed by atoms with van der Waals surface area (Å²) < 4.78 is 10.1. The van der Waals surface area contributed by atoms with Crippen molar-refractivity contribution in [3.8, 4) is 5.75 Å². The van der Waals surface area contributed by atoms with Crippen LogP contribution < -0.4 is 10.5 Å². The van der Waals surface area contributed by atoms with Crippen LogP contribution in [0.3, 0.4) is 0 Å². The molecule has 9 nitrogen and oxygen atoms in total. The Kier molecular flexibility index (Phi) is 6.32. The second kappa shape index (κ2) is 8.65. The van der Waals surface area contributed by atoms with Crippen LogP contribution in [0.25, 0.3) is 0 Å². The first-order chi connectivity index (χ1) is 12.8. The number of anilines is 1. The number of nitrogens with zero attached hydrogens (tertiary/aromatic N) is 2. The maximum atomic E-state index is 12.2. The molecule has 0 saturated heterocycles. The normalized spacial score (nSPS) is 10.1. The second-order valence-corrected chi connectivity index (χ2v) is 5.71. The molecule has 0 bridgehead atoms. The third-order valence-electron chi connectivity index (χ3n) is 3.77. The molecule has 0 aliphatic heterocycles. The minimum Gasteiger partial charge on any atom is -0.497 e. The standard InChI is InChI=1S/C18H19N3O6/c1-20(10-12-4-3-5-14(8-12)26-2)17(22)11-27-18(23)13-6-7-15(19)16(9-13)21(24)25/h3-9H,10-11,19H2,1-2H3. The van der Waals surface area contributed by atoms with Gasteiger partial charge in [-0.25, -0.2) is 4.79 Å². The highest BCUT2D eigenvalue weighted by Gasteiger charge is 2.18. The Bertz CT molecular complexity index is 868. The van der Waals surface area contributed by atoms with E-state index >= 15 is 0 Å². The number of carbonyl (C=O) groups is 2. The van der Waals surface area contributed by atoms with Crippen molar-refractivity contribution in [3.05, 3.63) is 63.7 Å². The number of hydrogen-bond donors (Lipinski definition) is 1. The topological polar surface area (TPSA) is 125 Å². The molecule has 0 unspecified atom stereocenters. The molecule has 0 aliphatic rings. The van der Waals surface area contributed by atoms with Gasteiger partial charge in [-0.15, -0.1) is 0 Å². The molecule has 0 saturated carbocycles. The van der Waals surface area contributed by atoms with E-state index in [4.69, 9.17) is 15.2 Å². The van der Waals surface area contributed by atoms with Crippen LogP contribution in [0.1, 0.15) is 15.9 Å². The lowest BCUT2D eigenvalue weighted by atomic mass is 10.2. The van der Waals surface area contributed by atoms with E-state index in [1.807, 2.05) is 6.07 Å².